The molecule has 0 aliphatic carbocycles. The standard InChI is InChI=1S/C12H14ClNO.ClH/c13-10-3-1-2-9-11(10)15-8-12(9)4-6-14-7-5-12;/h1-3,14H,4-8H2;1H. The first-order valence-electron chi connectivity index (χ1n) is 5.44. The summed E-state index contributed by atoms with van der Waals surface area (Å²) >= 11 is 6.13. The van der Waals surface area contributed by atoms with Gasteiger partial charge in [-0.3, -0.25) is 0 Å². The van der Waals surface area contributed by atoms with Gasteiger partial charge < -0.3 is 10.1 Å². The van der Waals surface area contributed by atoms with Crippen LogP contribution in [-0.2, 0) is 5.41 Å². The van der Waals surface area contributed by atoms with Crippen LogP contribution in [0.5, 0.6) is 5.75 Å². The van der Waals surface area contributed by atoms with Crippen LogP contribution in [0.3, 0.4) is 0 Å². The SMILES string of the molecule is Cl.Clc1cccc2c1OCC21CCNCC1. The Morgan fingerprint density at radius 1 is 1.25 bits per heavy atom. The highest BCUT2D eigenvalue weighted by molar-refractivity contribution is 6.32. The molecule has 0 atom stereocenters. The molecular formula is C12H15Cl2NO. The van der Waals surface area contributed by atoms with E-state index in [0.717, 1.165) is 43.3 Å². The zero-order chi connectivity index (χ0) is 10.3. The third-order valence-corrected chi connectivity index (χ3v) is 3.89. The van der Waals surface area contributed by atoms with E-state index in [2.05, 4.69) is 11.4 Å². The van der Waals surface area contributed by atoms with Gasteiger partial charge in [-0.25, -0.2) is 0 Å². The van der Waals surface area contributed by atoms with E-state index in [1.54, 1.807) is 0 Å². The first-order chi connectivity index (χ1) is 7.32. The molecule has 1 aromatic carbocycles. The number of hydrogen-bond acceptors (Lipinski definition) is 2. The summed E-state index contributed by atoms with van der Waals surface area (Å²) in [5.41, 5.74) is 1.54. The van der Waals surface area contributed by atoms with Gasteiger partial charge in [-0.05, 0) is 32.0 Å². The number of benzene rings is 1. The number of piperidine rings is 1. The monoisotopic (exact) mass is 259 g/mol. The fraction of sp³-hybridized carbons (Fsp3) is 0.500. The predicted octanol–water partition coefficient (Wildman–Crippen LogP) is 2.78. The third-order valence-electron chi connectivity index (χ3n) is 3.59. The minimum atomic E-state index is 0. The van der Waals surface area contributed by atoms with Gasteiger partial charge in [0, 0.05) is 11.0 Å². The Morgan fingerprint density at radius 2 is 2.00 bits per heavy atom. The highest BCUT2D eigenvalue weighted by Gasteiger charge is 2.42. The Balaban J connectivity index is 0.000000963. The lowest BCUT2D eigenvalue weighted by Crippen LogP contribution is -2.40. The summed E-state index contributed by atoms with van der Waals surface area (Å²) in [6.07, 6.45) is 2.31. The van der Waals surface area contributed by atoms with E-state index in [-0.39, 0.29) is 17.8 Å². The van der Waals surface area contributed by atoms with Crippen molar-refractivity contribution < 1.29 is 4.74 Å². The number of rotatable bonds is 0. The molecule has 0 saturated carbocycles. The predicted molar refractivity (Wildman–Crippen MR) is 68.0 cm³/mol. The zero-order valence-corrected chi connectivity index (χ0v) is 10.5. The fourth-order valence-corrected chi connectivity index (χ4v) is 2.91. The van der Waals surface area contributed by atoms with Crippen molar-refractivity contribution in [3.8, 4) is 5.75 Å². The number of ether oxygens (including phenoxy) is 1. The lowest BCUT2D eigenvalue weighted by atomic mass is 9.75. The summed E-state index contributed by atoms with van der Waals surface area (Å²) in [6.45, 7) is 2.96. The van der Waals surface area contributed by atoms with E-state index >= 15 is 0 Å². The fourth-order valence-electron chi connectivity index (χ4n) is 2.68. The highest BCUT2D eigenvalue weighted by Crippen LogP contribution is 2.47. The summed E-state index contributed by atoms with van der Waals surface area (Å²) in [6, 6.07) is 6.10. The Hall–Kier alpha value is -0.440. The molecule has 0 bridgehead atoms. The number of nitrogens with one attached hydrogen (secondary N) is 1. The molecule has 16 heavy (non-hydrogen) atoms. The van der Waals surface area contributed by atoms with E-state index in [1.165, 1.54) is 5.56 Å². The summed E-state index contributed by atoms with van der Waals surface area (Å²) < 4.78 is 5.76. The molecule has 2 aliphatic rings. The molecule has 2 nitrogen and oxygen atoms in total. The highest BCUT2D eigenvalue weighted by atomic mass is 35.5. The Bertz CT molecular complexity index is 389. The van der Waals surface area contributed by atoms with Crippen LogP contribution in [0.4, 0.5) is 0 Å². The topological polar surface area (TPSA) is 21.3 Å². The van der Waals surface area contributed by atoms with Crippen LogP contribution in [0, 0.1) is 0 Å². The van der Waals surface area contributed by atoms with Gasteiger partial charge in [0.15, 0.2) is 0 Å². The lowest BCUT2D eigenvalue weighted by molar-refractivity contribution is 0.220. The average molecular weight is 260 g/mol. The molecule has 1 saturated heterocycles. The number of para-hydroxylation sites is 1. The maximum Gasteiger partial charge on any atom is 0.141 e. The molecule has 0 amide bonds. The van der Waals surface area contributed by atoms with Gasteiger partial charge in [0.2, 0.25) is 0 Å². The second kappa shape index (κ2) is 4.44. The molecule has 0 unspecified atom stereocenters. The molecule has 1 fully saturated rings. The first-order valence-corrected chi connectivity index (χ1v) is 5.82. The average Bonchev–Trinajstić information content (AvgIpc) is 2.61. The molecular weight excluding hydrogens is 245 g/mol. The van der Waals surface area contributed by atoms with Crippen LogP contribution in [0.25, 0.3) is 0 Å². The first kappa shape index (κ1) is 12.0. The van der Waals surface area contributed by atoms with E-state index in [4.69, 9.17) is 16.3 Å². The van der Waals surface area contributed by atoms with Gasteiger partial charge in [0.1, 0.15) is 5.75 Å². The van der Waals surface area contributed by atoms with E-state index in [1.807, 2.05) is 12.1 Å². The molecule has 1 aromatic rings. The smallest absolute Gasteiger partial charge is 0.141 e. The molecule has 1 spiro atoms. The summed E-state index contributed by atoms with van der Waals surface area (Å²) in [7, 11) is 0. The van der Waals surface area contributed by atoms with Crippen molar-refractivity contribution >= 4 is 24.0 Å². The van der Waals surface area contributed by atoms with Crippen molar-refractivity contribution in [2.24, 2.45) is 0 Å². The summed E-state index contributed by atoms with van der Waals surface area (Å²) in [5.74, 6) is 0.918. The van der Waals surface area contributed by atoms with Crippen molar-refractivity contribution in [3.05, 3.63) is 28.8 Å². The number of halogens is 2. The van der Waals surface area contributed by atoms with Gasteiger partial charge in [0.25, 0.3) is 0 Å². The third kappa shape index (κ3) is 1.69. The van der Waals surface area contributed by atoms with Crippen molar-refractivity contribution in [3.63, 3.8) is 0 Å². The summed E-state index contributed by atoms with van der Waals surface area (Å²) in [4.78, 5) is 0. The maximum atomic E-state index is 6.13. The van der Waals surface area contributed by atoms with Crippen molar-refractivity contribution in [1.82, 2.24) is 5.32 Å². The molecule has 1 N–H and O–H groups in total. The van der Waals surface area contributed by atoms with Crippen molar-refractivity contribution in [2.45, 2.75) is 18.3 Å². The van der Waals surface area contributed by atoms with Gasteiger partial charge in [-0.2, -0.15) is 0 Å². The van der Waals surface area contributed by atoms with Crippen LogP contribution < -0.4 is 10.1 Å². The van der Waals surface area contributed by atoms with Gasteiger partial charge in [-0.1, -0.05) is 23.7 Å². The minimum absolute atomic E-state index is 0. The molecule has 2 aliphatic heterocycles. The van der Waals surface area contributed by atoms with Gasteiger partial charge >= 0.3 is 0 Å². The summed E-state index contributed by atoms with van der Waals surface area (Å²) in [5, 5.41) is 4.15. The number of hydrogen-bond donors (Lipinski definition) is 1. The van der Waals surface area contributed by atoms with Gasteiger partial charge in [0.05, 0.1) is 11.6 Å². The van der Waals surface area contributed by atoms with E-state index in [9.17, 15) is 0 Å². The van der Waals surface area contributed by atoms with Gasteiger partial charge in [-0.15, -0.1) is 12.4 Å². The van der Waals surface area contributed by atoms with E-state index < -0.39 is 0 Å². The molecule has 2 heterocycles. The molecule has 88 valence electrons. The molecule has 0 aromatic heterocycles. The minimum Gasteiger partial charge on any atom is -0.491 e. The maximum absolute atomic E-state index is 6.13. The van der Waals surface area contributed by atoms with Crippen LogP contribution in [0.15, 0.2) is 18.2 Å². The zero-order valence-electron chi connectivity index (χ0n) is 8.96. The Morgan fingerprint density at radius 3 is 2.75 bits per heavy atom. The molecule has 3 rings (SSSR count). The van der Waals surface area contributed by atoms with Crippen molar-refractivity contribution in [2.75, 3.05) is 19.7 Å². The number of fused-ring (bicyclic) bond motifs is 2. The van der Waals surface area contributed by atoms with Crippen molar-refractivity contribution in [1.29, 1.82) is 0 Å². The second-order valence-electron chi connectivity index (χ2n) is 4.44. The van der Waals surface area contributed by atoms with Crippen LogP contribution in [0.1, 0.15) is 18.4 Å². The second-order valence-corrected chi connectivity index (χ2v) is 4.84. The largest absolute Gasteiger partial charge is 0.491 e. The molecule has 0 radical (unpaired) electrons. The Labute approximate surface area is 107 Å². The van der Waals surface area contributed by atoms with Crippen LogP contribution in [0.2, 0.25) is 5.02 Å². The quantitative estimate of drug-likeness (QED) is 0.774. The normalized spacial score (nSPS) is 21.1. The van der Waals surface area contributed by atoms with Crippen LogP contribution in [-0.4, -0.2) is 19.7 Å². The van der Waals surface area contributed by atoms with Crippen LogP contribution >= 0.6 is 24.0 Å². The molecule has 4 heteroatoms. The van der Waals surface area contributed by atoms with E-state index in [0.29, 0.717) is 0 Å². The Kier molecular flexibility index (Phi) is 3.34. The lowest BCUT2D eigenvalue weighted by Gasteiger charge is -2.32.